The smallest absolute Gasteiger partial charge is 0.307 e. The summed E-state index contributed by atoms with van der Waals surface area (Å²) in [7, 11) is 1.41. The Balaban J connectivity index is 2.42. The Labute approximate surface area is 149 Å². The van der Waals surface area contributed by atoms with Crippen LogP contribution in [0.15, 0.2) is 23.2 Å². The Kier molecular flexibility index (Phi) is 6.86. The highest BCUT2D eigenvalue weighted by molar-refractivity contribution is 5.70. The number of aryl methyl sites for hydroxylation is 1. The Hall–Kier alpha value is -2.50. The van der Waals surface area contributed by atoms with Gasteiger partial charge in [0.05, 0.1) is 13.5 Å². The summed E-state index contributed by atoms with van der Waals surface area (Å²) in [4.78, 5) is 27.2. The van der Waals surface area contributed by atoms with Gasteiger partial charge in [-0.3, -0.25) is 9.79 Å². The lowest BCUT2D eigenvalue weighted by atomic mass is 10.2. The monoisotopic (exact) mass is 342 g/mol. The van der Waals surface area contributed by atoms with E-state index in [-0.39, 0.29) is 5.97 Å². The third-order valence-corrected chi connectivity index (χ3v) is 4.25. The molecular weight excluding hydrogens is 316 g/mol. The molecule has 0 unspecified atom stereocenters. The number of carbonyl (C=O) groups excluding carboxylic acids is 1. The molecule has 0 spiro atoms. The predicted octanol–water partition coefficient (Wildman–Crippen LogP) is 2.97. The quantitative estimate of drug-likeness (QED) is 0.413. The van der Waals surface area contributed by atoms with E-state index in [0.717, 1.165) is 37.3 Å². The number of aliphatic imine (C=N–C) groups is 1. The number of hydrogen-bond donors (Lipinski definition) is 0. The van der Waals surface area contributed by atoms with E-state index in [4.69, 9.17) is 14.7 Å². The van der Waals surface area contributed by atoms with Crippen molar-refractivity contribution in [3.63, 3.8) is 0 Å². The third-order valence-electron chi connectivity index (χ3n) is 4.25. The van der Waals surface area contributed by atoms with Crippen molar-refractivity contribution in [1.29, 1.82) is 0 Å². The summed E-state index contributed by atoms with van der Waals surface area (Å²) in [6.45, 7) is 8.97. The second-order valence-electron chi connectivity index (χ2n) is 5.79. The molecule has 0 aliphatic heterocycles. The summed E-state index contributed by atoms with van der Waals surface area (Å²) in [6.07, 6.45) is 9.00. The second kappa shape index (κ2) is 9.11. The van der Waals surface area contributed by atoms with Crippen molar-refractivity contribution >= 4 is 24.2 Å². The molecule has 1 aromatic heterocycles. The maximum atomic E-state index is 11.5. The van der Waals surface area contributed by atoms with Crippen LogP contribution in [0.25, 0.3) is 5.70 Å². The normalized spacial score (nSPS) is 13.8. The van der Waals surface area contributed by atoms with Crippen LogP contribution in [0.4, 0.5) is 5.82 Å². The molecule has 134 valence electrons. The van der Waals surface area contributed by atoms with Crippen molar-refractivity contribution in [1.82, 2.24) is 9.97 Å². The first-order chi connectivity index (χ1) is 12.1. The van der Waals surface area contributed by atoms with E-state index in [1.54, 1.807) is 0 Å². The first-order valence-corrected chi connectivity index (χ1v) is 8.66. The van der Waals surface area contributed by atoms with Crippen LogP contribution in [0, 0.1) is 0 Å². The van der Waals surface area contributed by atoms with Crippen LogP contribution in [0.3, 0.4) is 0 Å². The fraction of sp³-hybridized carbons (Fsp3) is 0.474. The number of esters is 1. The summed E-state index contributed by atoms with van der Waals surface area (Å²) >= 11 is 0. The number of allylic oxidation sites excluding steroid dienone is 3. The molecule has 2 rings (SSSR count). The van der Waals surface area contributed by atoms with Gasteiger partial charge in [0.2, 0.25) is 0 Å². The number of aromatic nitrogens is 2. The second-order valence-corrected chi connectivity index (χ2v) is 5.79. The number of carbonyl (C=O) groups is 1. The van der Waals surface area contributed by atoms with Gasteiger partial charge in [0.25, 0.3) is 0 Å². The molecule has 1 aliphatic carbocycles. The minimum absolute atomic E-state index is 0.217. The van der Waals surface area contributed by atoms with Crippen molar-refractivity contribution in [3.8, 4) is 0 Å². The molecular formula is C19H26N4O2. The molecule has 6 heteroatoms. The van der Waals surface area contributed by atoms with Gasteiger partial charge in [0.15, 0.2) is 5.82 Å². The maximum Gasteiger partial charge on any atom is 0.307 e. The Morgan fingerprint density at radius 2 is 2.20 bits per heavy atom. The molecule has 0 atom stereocenters. The Morgan fingerprint density at radius 1 is 1.40 bits per heavy atom. The van der Waals surface area contributed by atoms with E-state index < -0.39 is 0 Å². The van der Waals surface area contributed by atoms with Crippen LogP contribution >= 0.6 is 0 Å². The van der Waals surface area contributed by atoms with Gasteiger partial charge in [-0.1, -0.05) is 12.2 Å². The van der Waals surface area contributed by atoms with Crippen molar-refractivity contribution < 1.29 is 9.53 Å². The van der Waals surface area contributed by atoms with E-state index in [2.05, 4.69) is 23.5 Å². The van der Waals surface area contributed by atoms with E-state index in [9.17, 15) is 4.79 Å². The predicted molar refractivity (Wildman–Crippen MR) is 101 cm³/mol. The number of rotatable bonds is 8. The number of fused-ring (bicyclic) bond motifs is 1. The summed E-state index contributed by atoms with van der Waals surface area (Å²) < 4.78 is 4.76. The Bertz CT molecular complexity index is 695. The minimum atomic E-state index is -0.217. The van der Waals surface area contributed by atoms with Crippen molar-refractivity contribution in [2.75, 3.05) is 25.1 Å². The van der Waals surface area contributed by atoms with Crippen LogP contribution < -0.4 is 4.90 Å². The molecule has 0 aromatic carbocycles. The van der Waals surface area contributed by atoms with E-state index >= 15 is 0 Å². The molecule has 25 heavy (non-hydrogen) atoms. The highest BCUT2D eigenvalue weighted by atomic mass is 16.5. The maximum absolute atomic E-state index is 11.5. The summed E-state index contributed by atoms with van der Waals surface area (Å²) in [5.74, 6) is 1.27. The number of ether oxygens (including phenoxy) is 1. The SMILES string of the molecule is C=N/C(=C\C=C/C)c1nc2c(c(N(CC)CCC(=O)OC)n1)CCC2. The van der Waals surface area contributed by atoms with Gasteiger partial charge in [-0.25, -0.2) is 9.97 Å². The standard InChI is InChI=1S/C19H26N4O2/c1-5-7-10-16(20-3)18-21-15-11-8-9-14(15)19(22-18)23(6-2)13-12-17(24)25-4/h5,7,10H,3,6,8-9,11-13H2,1-2,4H3/b7-5-,16-10-. The molecule has 0 fully saturated rings. The average Bonchev–Trinajstić information content (AvgIpc) is 3.11. The highest BCUT2D eigenvalue weighted by Crippen LogP contribution is 2.30. The highest BCUT2D eigenvalue weighted by Gasteiger charge is 2.23. The average molecular weight is 342 g/mol. The van der Waals surface area contributed by atoms with E-state index in [1.807, 2.05) is 25.2 Å². The molecule has 0 N–H and O–H groups in total. The number of hydrogen-bond acceptors (Lipinski definition) is 6. The molecule has 6 nitrogen and oxygen atoms in total. The molecule has 0 amide bonds. The first kappa shape index (κ1) is 18.8. The van der Waals surface area contributed by atoms with Gasteiger partial charge in [-0.15, -0.1) is 0 Å². The topological polar surface area (TPSA) is 67.7 Å². The zero-order valence-corrected chi connectivity index (χ0v) is 15.3. The van der Waals surface area contributed by atoms with Crippen LogP contribution in [0.5, 0.6) is 0 Å². The Morgan fingerprint density at radius 3 is 2.84 bits per heavy atom. The van der Waals surface area contributed by atoms with Crippen molar-refractivity contribution in [3.05, 3.63) is 35.3 Å². The fourth-order valence-corrected chi connectivity index (χ4v) is 2.92. The minimum Gasteiger partial charge on any atom is -0.469 e. The number of nitrogens with zero attached hydrogens (tertiary/aromatic N) is 4. The molecule has 0 radical (unpaired) electrons. The first-order valence-electron chi connectivity index (χ1n) is 8.66. The summed E-state index contributed by atoms with van der Waals surface area (Å²) in [5.41, 5.74) is 2.91. The van der Waals surface area contributed by atoms with Crippen LogP contribution in [-0.4, -0.2) is 42.9 Å². The zero-order valence-electron chi connectivity index (χ0n) is 15.3. The van der Waals surface area contributed by atoms with Gasteiger partial charge >= 0.3 is 5.97 Å². The van der Waals surface area contributed by atoms with Gasteiger partial charge < -0.3 is 9.64 Å². The molecule has 0 saturated heterocycles. The molecule has 1 heterocycles. The van der Waals surface area contributed by atoms with Gasteiger partial charge in [0.1, 0.15) is 11.5 Å². The van der Waals surface area contributed by atoms with Gasteiger partial charge in [-0.2, -0.15) is 0 Å². The number of methoxy groups -OCH3 is 1. The summed E-state index contributed by atoms with van der Waals surface area (Å²) in [5, 5.41) is 0. The lowest BCUT2D eigenvalue weighted by Gasteiger charge is -2.24. The molecule has 0 saturated carbocycles. The van der Waals surface area contributed by atoms with Crippen LogP contribution in [-0.2, 0) is 22.4 Å². The molecule has 1 aliphatic rings. The van der Waals surface area contributed by atoms with Gasteiger partial charge in [-0.05, 0) is 45.9 Å². The van der Waals surface area contributed by atoms with Crippen LogP contribution in [0.1, 0.15) is 43.8 Å². The lowest BCUT2D eigenvalue weighted by molar-refractivity contribution is -0.140. The van der Waals surface area contributed by atoms with Gasteiger partial charge in [0, 0.05) is 24.3 Å². The van der Waals surface area contributed by atoms with Crippen LogP contribution in [0.2, 0.25) is 0 Å². The fourth-order valence-electron chi connectivity index (χ4n) is 2.92. The third kappa shape index (κ3) is 4.53. The molecule has 0 bridgehead atoms. The molecule has 1 aromatic rings. The lowest BCUT2D eigenvalue weighted by Crippen LogP contribution is -2.28. The van der Waals surface area contributed by atoms with E-state index in [0.29, 0.717) is 24.5 Å². The summed E-state index contributed by atoms with van der Waals surface area (Å²) in [6, 6.07) is 0. The van der Waals surface area contributed by atoms with E-state index in [1.165, 1.54) is 12.7 Å². The number of anilines is 1. The van der Waals surface area contributed by atoms with Crippen molar-refractivity contribution in [2.24, 2.45) is 4.99 Å². The zero-order chi connectivity index (χ0) is 18.2. The van der Waals surface area contributed by atoms with Crippen molar-refractivity contribution in [2.45, 2.75) is 39.5 Å². The largest absolute Gasteiger partial charge is 0.469 e.